The Morgan fingerprint density at radius 1 is 1.18 bits per heavy atom. The molecule has 1 saturated heterocycles. The van der Waals surface area contributed by atoms with E-state index < -0.39 is 5.91 Å². The van der Waals surface area contributed by atoms with E-state index >= 15 is 0 Å². The Balaban J connectivity index is 1.54. The van der Waals surface area contributed by atoms with Gasteiger partial charge in [0, 0.05) is 18.8 Å². The fourth-order valence-corrected chi connectivity index (χ4v) is 3.85. The number of anilines is 1. The Bertz CT molecular complexity index is 770. The van der Waals surface area contributed by atoms with Gasteiger partial charge in [0.25, 0.3) is 0 Å². The minimum absolute atomic E-state index is 0.181. The van der Waals surface area contributed by atoms with E-state index in [1.807, 2.05) is 0 Å². The maximum atomic E-state index is 12.5. The third-order valence-electron chi connectivity index (χ3n) is 5.39. The number of ether oxygens (including phenoxy) is 1. The number of likely N-dealkylation sites (tertiary alicyclic amines) is 1. The maximum absolute atomic E-state index is 12.5. The summed E-state index contributed by atoms with van der Waals surface area (Å²) in [5.74, 6) is -1.28. The molecule has 1 saturated carbocycles. The summed E-state index contributed by atoms with van der Waals surface area (Å²) < 4.78 is 5.11. The fraction of sp³-hybridized carbons (Fsp3) is 0.500. The van der Waals surface area contributed by atoms with Gasteiger partial charge in [-0.05, 0) is 25.0 Å². The van der Waals surface area contributed by atoms with Crippen molar-refractivity contribution in [3.8, 4) is 5.75 Å². The molecule has 0 unspecified atom stereocenters. The van der Waals surface area contributed by atoms with Crippen molar-refractivity contribution < 1.29 is 23.9 Å². The molecule has 28 heavy (non-hydrogen) atoms. The zero-order chi connectivity index (χ0) is 20.3. The number of amides is 4. The number of carbonyl (C=O) groups excluding carboxylic acids is 4. The van der Waals surface area contributed by atoms with Crippen LogP contribution in [-0.2, 0) is 19.2 Å². The number of hydrogen-bond acceptors (Lipinski definition) is 5. The lowest BCUT2D eigenvalue weighted by atomic mass is 9.81. The van der Waals surface area contributed by atoms with E-state index in [1.54, 1.807) is 24.3 Å². The van der Waals surface area contributed by atoms with Crippen LogP contribution in [0.4, 0.5) is 5.69 Å². The van der Waals surface area contributed by atoms with Crippen molar-refractivity contribution in [3.05, 3.63) is 24.3 Å². The number of rotatable bonds is 6. The Morgan fingerprint density at radius 3 is 2.43 bits per heavy atom. The third kappa shape index (κ3) is 4.16. The van der Waals surface area contributed by atoms with Gasteiger partial charge in [0.15, 0.2) is 0 Å². The normalized spacial score (nSPS) is 21.3. The minimum Gasteiger partial charge on any atom is -0.497 e. The Hall–Kier alpha value is -2.90. The molecule has 2 atom stereocenters. The molecule has 1 aliphatic carbocycles. The first-order valence-electron chi connectivity index (χ1n) is 9.44. The first-order chi connectivity index (χ1) is 13.4. The van der Waals surface area contributed by atoms with Crippen LogP contribution in [-0.4, -0.2) is 60.7 Å². The third-order valence-corrected chi connectivity index (χ3v) is 5.39. The lowest BCUT2D eigenvalue weighted by molar-refractivity contribution is -0.146. The molecule has 0 bridgehead atoms. The van der Waals surface area contributed by atoms with Gasteiger partial charge in [-0.1, -0.05) is 18.9 Å². The van der Waals surface area contributed by atoms with Crippen molar-refractivity contribution in [2.45, 2.75) is 25.7 Å². The lowest BCUT2D eigenvalue weighted by Gasteiger charge is -2.20. The van der Waals surface area contributed by atoms with Gasteiger partial charge in [0.05, 0.1) is 25.5 Å². The average molecular weight is 387 g/mol. The number of nitrogens with one attached hydrogen (secondary N) is 1. The summed E-state index contributed by atoms with van der Waals surface area (Å²) >= 11 is 0. The van der Waals surface area contributed by atoms with Gasteiger partial charge in [-0.2, -0.15) is 0 Å². The number of carbonyl (C=O) groups is 4. The zero-order valence-corrected chi connectivity index (χ0v) is 16.1. The topological polar surface area (TPSA) is 96.0 Å². The van der Waals surface area contributed by atoms with Crippen LogP contribution >= 0.6 is 0 Å². The molecule has 1 aromatic rings. The number of hydrogen-bond donors (Lipinski definition) is 1. The molecule has 1 N–H and O–H groups in total. The SMILES string of the molecule is COc1cccc(NC(=O)CN(C)C(=O)CN2C(=O)[C@@H]3CCCC[C@H]3C2=O)c1. The van der Waals surface area contributed by atoms with Crippen LogP contribution in [0.5, 0.6) is 5.75 Å². The van der Waals surface area contributed by atoms with Crippen LogP contribution in [0.25, 0.3) is 0 Å². The Morgan fingerprint density at radius 2 is 1.82 bits per heavy atom. The largest absolute Gasteiger partial charge is 0.497 e. The summed E-state index contributed by atoms with van der Waals surface area (Å²) in [6, 6.07) is 6.88. The number of methoxy groups -OCH3 is 1. The molecule has 1 aliphatic heterocycles. The highest BCUT2D eigenvalue weighted by atomic mass is 16.5. The number of benzene rings is 1. The highest BCUT2D eigenvalue weighted by Crippen LogP contribution is 2.37. The minimum atomic E-state index is -0.443. The van der Waals surface area contributed by atoms with Crippen molar-refractivity contribution in [2.24, 2.45) is 11.8 Å². The van der Waals surface area contributed by atoms with Crippen molar-refractivity contribution in [2.75, 3.05) is 32.6 Å². The quantitative estimate of drug-likeness (QED) is 0.742. The molecule has 0 aromatic heterocycles. The van der Waals surface area contributed by atoms with Gasteiger partial charge in [-0.15, -0.1) is 0 Å². The molecule has 8 heteroatoms. The van der Waals surface area contributed by atoms with E-state index in [2.05, 4.69) is 5.32 Å². The molecule has 8 nitrogen and oxygen atoms in total. The molecular weight excluding hydrogens is 362 g/mol. The average Bonchev–Trinajstić information content (AvgIpc) is 2.93. The second-order valence-corrected chi connectivity index (χ2v) is 7.29. The first kappa shape index (κ1) is 19.9. The van der Waals surface area contributed by atoms with Crippen molar-refractivity contribution in [1.29, 1.82) is 0 Å². The second kappa shape index (κ2) is 8.41. The maximum Gasteiger partial charge on any atom is 0.243 e. The number of likely N-dealkylation sites (N-methyl/N-ethyl adjacent to an activating group) is 1. The molecule has 2 fully saturated rings. The summed E-state index contributed by atoms with van der Waals surface area (Å²) in [6.07, 6.45) is 3.29. The molecule has 1 aromatic carbocycles. The molecule has 0 spiro atoms. The van der Waals surface area contributed by atoms with Crippen molar-refractivity contribution in [1.82, 2.24) is 9.80 Å². The second-order valence-electron chi connectivity index (χ2n) is 7.29. The number of imide groups is 1. The van der Waals surface area contributed by atoms with Gasteiger partial charge >= 0.3 is 0 Å². The van der Waals surface area contributed by atoms with E-state index in [1.165, 1.54) is 19.1 Å². The van der Waals surface area contributed by atoms with Gasteiger partial charge in [-0.3, -0.25) is 24.1 Å². The number of nitrogens with zero attached hydrogens (tertiary/aromatic N) is 2. The van der Waals surface area contributed by atoms with Crippen molar-refractivity contribution in [3.63, 3.8) is 0 Å². The predicted octanol–water partition coefficient (Wildman–Crippen LogP) is 1.27. The van der Waals surface area contributed by atoms with Crippen LogP contribution in [0.3, 0.4) is 0 Å². The predicted molar refractivity (Wildman–Crippen MR) is 101 cm³/mol. The highest BCUT2D eigenvalue weighted by Gasteiger charge is 2.48. The van der Waals surface area contributed by atoms with E-state index in [0.717, 1.165) is 17.7 Å². The van der Waals surface area contributed by atoms with E-state index in [4.69, 9.17) is 4.74 Å². The lowest BCUT2D eigenvalue weighted by Crippen LogP contribution is -2.44. The summed E-state index contributed by atoms with van der Waals surface area (Å²) in [5.41, 5.74) is 0.555. The first-order valence-corrected chi connectivity index (χ1v) is 9.44. The van der Waals surface area contributed by atoms with Gasteiger partial charge < -0.3 is 15.0 Å². The summed E-state index contributed by atoms with van der Waals surface area (Å²) in [4.78, 5) is 51.9. The smallest absolute Gasteiger partial charge is 0.243 e. The summed E-state index contributed by atoms with van der Waals surface area (Å²) in [7, 11) is 3.01. The zero-order valence-electron chi connectivity index (χ0n) is 16.1. The van der Waals surface area contributed by atoms with Crippen LogP contribution in [0.2, 0.25) is 0 Å². The summed E-state index contributed by atoms with van der Waals surface area (Å²) in [5, 5.41) is 2.69. The van der Waals surface area contributed by atoms with Crippen LogP contribution in [0.1, 0.15) is 25.7 Å². The summed E-state index contributed by atoms with van der Waals surface area (Å²) in [6.45, 7) is -0.493. The Labute approximate surface area is 163 Å². The van der Waals surface area contributed by atoms with E-state index in [0.29, 0.717) is 24.3 Å². The molecule has 0 radical (unpaired) electrons. The monoisotopic (exact) mass is 387 g/mol. The van der Waals surface area contributed by atoms with Crippen molar-refractivity contribution >= 4 is 29.3 Å². The molecule has 150 valence electrons. The van der Waals surface area contributed by atoms with Crippen LogP contribution in [0.15, 0.2) is 24.3 Å². The molecule has 4 amide bonds. The molecule has 3 rings (SSSR count). The van der Waals surface area contributed by atoms with Crippen LogP contribution in [0, 0.1) is 11.8 Å². The van der Waals surface area contributed by atoms with E-state index in [9.17, 15) is 19.2 Å². The molecule has 1 heterocycles. The van der Waals surface area contributed by atoms with Crippen LogP contribution < -0.4 is 10.1 Å². The molecule has 2 aliphatic rings. The number of fused-ring (bicyclic) bond motifs is 1. The fourth-order valence-electron chi connectivity index (χ4n) is 3.85. The van der Waals surface area contributed by atoms with E-state index in [-0.39, 0.29) is 42.6 Å². The highest BCUT2D eigenvalue weighted by molar-refractivity contribution is 6.07. The van der Waals surface area contributed by atoms with Gasteiger partial charge in [0.2, 0.25) is 23.6 Å². The van der Waals surface area contributed by atoms with Gasteiger partial charge in [-0.25, -0.2) is 0 Å². The van der Waals surface area contributed by atoms with Gasteiger partial charge in [0.1, 0.15) is 12.3 Å². The Kier molecular flexibility index (Phi) is 5.96. The molecular formula is C20H25N3O5. The standard InChI is InChI=1S/C20H25N3O5/c1-22(11-17(24)21-13-6-5-7-14(10-13)28-2)18(25)12-23-19(26)15-8-3-4-9-16(15)20(23)27/h5-7,10,15-16H,3-4,8-9,11-12H2,1-2H3,(H,21,24)/t15-,16-/m1/s1.